The van der Waals surface area contributed by atoms with Crippen molar-refractivity contribution in [3.8, 4) is 5.75 Å². The van der Waals surface area contributed by atoms with Gasteiger partial charge in [0.1, 0.15) is 10.6 Å². The van der Waals surface area contributed by atoms with Crippen LogP contribution >= 0.6 is 11.6 Å². The quantitative estimate of drug-likeness (QED) is 0.547. The molecule has 30 heavy (non-hydrogen) atoms. The lowest BCUT2D eigenvalue weighted by Gasteiger charge is -2.21. The molecule has 2 aromatic rings. The molecule has 0 atom stereocenters. The van der Waals surface area contributed by atoms with E-state index < -0.39 is 16.0 Å². The van der Waals surface area contributed by atoms with Crippen LogP contribution < -0.4 is 10.1 Å². The zero-order chi connectivity index (χ0) is 21.7. The van der Waals surface area contributed by atoms with Gasteiger partial charge in [-0.3, -0.25) is 4.79 Å². The van der Waals surface area contributed by atoms with Crippen molar-refractivity contribution in [1.29, 1.82) is 0 Å². The molecule has 7 nitrogen and oxygen atoms in total. The van der Waals surface area contributed by atoms with E-state index in [2.05, 4.69) is 5.32 Å². The van der Waals surface area contributed by atoms with Crippen LogP contribution in [0, 0.1) is 0 Å². The second-order valence-electron chi connectivity index (χ2n) is 7.06. The van der Waals surface area contributed by atoms with Crippen molar-refractivity contribution in [2.75, 3.05) is 18.4 Å². The van der Waals surface area contributed by atoms with E-state index in [0.29, 0.717) is 18.8 Å². The predicted molar refractivity (Wildman–Crippen MR) is 114 cm³/mol. The standard InChI is InChI=1S/C21H23ClN2O5S/c1-15(25)23-17-7-9-18(10-8-17)29-21(26)16-6-11-19(22)20(14-16)30(27,28)24-12-4-2-3-5-13-24/h6-11,14H,2-5,12-13H2,1H3,(H,23,25). The number of amides is 1. The van der Waals surface area contributed by atoms with Gasteiger partial charge in [0.15, 0.2) is 0 Å². The number of ether oxygens (including phenoxy) is 1. The number of carbonyl (C=O) groups is 2. The van der Waals surface area contributed by atoms with Crippen molar-refractivity contribution in [2.45, 2.75) is 37.5 Å². The summed E-state index contributed by atoms with van der Waals surface area (Å²) in [5.74, 6) is -0.647. The minimum Gasteiger partial charge on any atom is -0.423 e. The maximum Gasteiger partial charge on any atom is 0.343 e. The molecule has 1 N–H and O–H groups in total. The second-order valence-corrected chi connectivity index (χ2v) is 9.37. The van der Waals surface area contributed by atoms with Crippen LogP contribution in [0.4, 0.5) is 5.69 Å². The number of halogens is 1. The largest absolute Gasteiger partial charge is 0.423 e. The molecule has 1 aliphatic heterocycles. The summed E-state index contributed by atoms with van der Waals surface area (Å²) in [4.78, 5) is 23.5. The first-order valence-electron chi connectivity index (χ1n) is 9.67. The Morgan fingerprint density at radius 1 is 1.00 bits per heavy atom. The molecular formula is C21H23ClN2O5S. The number of nitrogens with zero attached hydrogens (tertiary/aromatic N) is 1. The van der Waals surface area contributed by atoms with Crippen LogP contribution in [-0.4, -0.2) is 37.7 Å². The van der Waals surface area contributed by atoms with Gasteiger partial charge in [-0.25, -0.2) is 13.2 Å². The van der Waals surface area contributed by atoms with Gasteiger partial charge < -0.3 is 10.1 Å². The normalized spacial score (nSPS) is 15.3. The van der Waals surface area contributed by atoms with Crippen molar-refractivity contribution < 1.29 is 22.7 Å². The molecule has 160 valence electrons. The van der Waals surface area contributed by atoms with E-state index in [4.69, 9.17) is 16.3 Å². The molecule has 0 aromatic heterocycles. The molecule has 1 aliphatic rings. The fraction of sp³-hybridized carbons (Fsp3) is 0.333. The lowest BCUT2D eigenvalue weighted by Crippen LogP contribution is -2.32. The van der Waals surface area contributed by atoms with Gasteiger partial charge >= 0.3 is 5.97 Å². The zero-order valence-electron chi connectivity index (χ0n) is 16.6. The van der Waals surface area contributed by atoms with Crippen LogP contribution in [0.25, 0.3) is 0 Å². The Morgan fingerprint density at radius 2 is 1.63 bits per heavy atom. The summed E-state index contributed by atoms with van der Waals surface area (Å²) in [6.45, 7) is 2.27. The molecule has 0 bridgehead atoms. The Labute approximate surface area is 181 Å². The number of hydrogen-bond donors (Lipinski definition) is 1. The molecule has 0 radical (unpaired) electrons. The van der Waals surface area contributed by atoms with Gasteiger partial charge in [0.2, 0.25) is 15.9 Å². The van der Waals surface area contributed by atoms with Gasteiger partial charge in [-0.05, 0) is 55.3 Å². The second kappa shape index (κ2) is 9.59. The topological polar surface area (TPSA) is 92.8 Å². The van der Waals surface area contributed by atoms with Gasteiger partial charge in [0, 0.05) is 25.7 Å². The van der Waals surface area contributed by atoms with Crippen LogP contribution in [0.5, 0.6) is 5.75 Å². The Bertz CT molecular complexity index is 1030. The third-order valence-electron chi connectivity index (χ3n) is 4.73. The van der Waals surface area contributed by atoms with Gasteiger partial charge in [-0.2, -0.15) is 4.31 Å². The zero-order valence-corrected chi connectivity index (χ0v) is 18.1. The van der Waals surface area contributed by atoms with Crippen LogP contribution in [0.2, 0.25) is 5.02 Å². The van der Waals surface area contributed by atoms with E-state index in [1.807, 2.05) is 0 Å². The maximum absolute atomic E-state index is 13.1. The average Bonchev–Trinajstić information content (AvgIpc) is 2.99. The summed E-state index contributed by atoms with van der Waals surface area (Å²) in [6, 6.07) is 10.3. The highest BCUT2D eigenvalue weighted by Gasteiger charge is 2.28. The third-order valence-corrected chi connectivity index (χ3v) is 7.12. The summed E-state index contributed by atoms with van der Waals surface area (Å²) in [5, 5.41) is 2.68. The van der Waals surface area contributed by atoms with E-state index in [-0.39, 0.29) is 27.1 Å². The van der Waals surface area contributed by atoms with E-state index in [9.17, 15) is 18.0 Å². The number of hydrogen-bond acceptors (Lipinski definition) is 5. The Hall–Kier alpha value is -2.42. The Balaban J connectivity index is 1.80. The average molecular weight is 451 g/mol. The first kappa shape index (κ1) is 22.3. The Morgan fingerprint density at radius 3 is 2.23 bits per heavy atom. The van der Waals surface area contributed by atoms with Crippen molar-refractivity contribution in [2.24, 2.45) is 0 Å². The number of nitrogens with one attached hydrogen (secondary N) is 1. The van der Waals surface area contributed by atoms with E-state index >= 15 is 0 Å². The van der Waals surface area contributed by atoms with Gasteiger partial charge in [0.05, 0.1) is 10.6 Å². The molecule has 0 spiro atoms. The highest BCUT2D eigenvalue weighted by Crippen LogP contribution is 2.28. The number of benzene rings is 2. The molecule has 1 heterocycles. The molecule has 1 saturated heterocycles. The fourth-order valence-electron chi connectivity index (χ4n) is 3.22. The maximum atomic E-state index is 13.1. The SMILES string of the molecule is CC(=O)Nc1ccc(OC(=O)c2ccc(Cl)c(S(=O)(=O)N3CCCCCC3)c2)cc1. The van der Waals surface area contributed by atoms with Gasteiger partial charge in [-0.1, -0.05) is 24.4 Å². The summed E-state index contributed by atoms with van der Waals surface area (Å²) in [7, 11) is -3.81. The van der Waals surface area contributed by atoms with Crippen molar-refractivity contribution in [1.82, 2.24) is 4.31 Å². The summed E-state index contributed by atoms with van der Waals surface area (Å²) >= 11 is 6.17. The molecule has 1 amide bonds. The number of esters is 1. The van der Waals surface area contributed by atoms with Crippen molar-refractivity contribution >= 4 is 39.2 Å². The van der Waals surface area contributed by atoms with Crippen LogP contribution in [0.3, 0.4) is 0 Å². The molecule has 1 fully saturated rings. The van der Waals surface area contributed by atoms with E-state index in [0.717, 1.165) is 25.7 Å². The van der Waals surface area contributed by atoms with Gasteiger partial charge in [-0.15, -0.1) is 0 Å². The summed E-state index contributed by atoms with van der Waals surface area (Å²) < 4.78 is 32.9. The Kier molecular flexibility index (Phi) is 7.12. The molecule has 0 aliphatic carbocycles. The molecule has 9 heteroatoms. The first-order valence-corrected chi connectivity index (χ1v) is 11.5. The van der Waals surface area contributed by atoms with Crippen molar-refractivity contribution in [3.63, 3.8) is 0 Å². The predicted octanol–water partition coefficient (Wildman–Crippen LogP) is 4.08. The number of sulfonamides is 1. The lowest BCUT2D eigenvalue weighted by atomic mass is 10.2. The molecule has 0 saturated carbocycles. The lowest BCUT2D eigenvalue weighted by molar-refractivity contribution is -0.114. The summed E-state index contributed by atoms with van der Waals surface area (Å²) in [6.07, 6.45) is 3.58. The monoisotopic (exact) mass is 450 g/mol. The number of anilines is 1. The van der Waals surface area contributed by atoms with Crippen LogP contribution in [0.15, 0.2) is 47.4 Å². The van der Waals surface area contributed by atoms with E-state index in [1.165, 1.54) is 41.6 Å². The highest BCUT2D eigenvalue weighted by atomic mass is 35.5. The van der Waals surface area contributed by atoms with Gasteiger partial charge in [0.25, 0.3) is 0 Å². The highest BCUT2D eigenvalue weighted by molar-refractivity contribution is 7.89. The minimum absolute atomic E-state index is 0.0652. The first-order chi connectivity index (χ1) is 14.3. The molecule has 2 aromatic carbocycles. The number of carbonyl (C=O) groups excluding carboxylic acids is 2. The minimum atomic E-state index is -3.81. The van der Waals surface area contributed by atoms with Crippen molar-refractivity contribution in [3.05, 3.63) is 53.1 Å². The van der Waals surface area contributed by atoms with E-state index in [1.54, 1.807) is 12.1 Å². The summed E-state index contributed by atoms with van der Waals surface area (Å²) in [5.41, 5.74) is 0.651. The fourth-order valence-corrected chi connectivity index (χ4v) is 5.24. The van der Waals surface area contributed by atoms with Crippen LogP contribution in [0.1, 0.15) is 43.0 Å². The molecule has 3 rings (SSSR count). The molecular weight excluding hydrogens is 428 g/mol. The molecule has 0 unspecified atom stereocenters. The number of rotatable bonds is 5. The third kappa shape index (κ3) is 5.38. The van der Waals surface area contributed by atoms with Crippen LogP contribution in [-0.2, 0) is 14.8 Å². The smallest absolute Gasteiger partial charge is 0.343 e.